The van der Waals surface area contributed by atoms with Gasteiger partial charge in [0.25, 0.3) is 0 Å². The van der Waals surface area contributed by atoms with Crippen molar-refractivity contribution in [3.05, 3.63) is 39.5 Å². The minimum absolute atomic E-state index is 0.361. The highest BCUT2D eigenvalue weighted by Gasteiger charge is 2.07. The number of aromatic nitrogens is 2. The van der Waals surface area contributed by atoms with Crippen molar-refractivity contribution in [1.82, 2.24) is 9.97 Å². The molecular formula is C13H16N4S2. The second-order valence-electron chi connectivity index (χ2n) is 4.27. The molecule has 2 rings (SSSR count). The largest absolute Gasteiger partial charge is 0.389 e. The van der Waals surface area contributed by atoms with Crippen molar-refractivity contribution >= 4 is 34.4 Å². The quantitative estimate of drug-likeness (QED) is 0.829. The van der Waals surface area contributed by atoms with Crippen molar-refractivity contribution < 1.29 is 0 Å². The number of nitrogens with zero attached hydrogens (tertiary/aromatic N) is 2. The number of hydrogen-bond donors (Lipinski definition) is 2. The highest BCUT2D eigenvalue weighted by Crippen LogP contribution is 2.14. The first kappa shape index (κ1) is 13.9. The summed E-state index contributed by atoms with van der Waals surface area (Å²) in [6.07, 6.45) is 0.866. The van der Waals surface area contributed by atoms with Crippen LogP contribution in [0.3, 0.4) is 0 Å². The molecule has 0 unspecified atom stereocenters. The minimum Gasteiger partial charge on any atom is -0.389 e. The fourth-order valence-electron chi connectivity index (χ4n) is 1.70. The van der Waals surface area contributed by atoms with Crippen LogP contribution in [0.25, 0.3) is 0 Å². The fraction of sp³-hybridized carbons (Fsp3) is 0.308. The predicted octanol–water partition coefficient (Wildman–Crippen LogP) is 2.44. The summed E-state index contributed by atoms with van der Waals surface area (Å²) in [6, 6.07) is 3.81. The molecule has 2 aromatic heterocycles. The number of thiazole rings is 1. The van der Waals surface area contributed by atoms with Crippen molar-refractivity contribution in [3.63, 3.8) is 0 Å². The van der Waals surface area contributed by atoms with E-state index in [4.69, 9.17) is 18.0 Å². The zero-order valence-electron chi connectivity index (χ0n) is 10.9. The third-order valence-electron chi connectivity index (χ3n) is 2.60. The summed E-state index contributed by atoms with van der Waals surface area (Å²) in [6.45, 7) is 4.71. The molecule has 2 aromatic rings. The van der Waals surface area contributed by atoms with Gasteiger partial charge in [-0.3, -0.25) is 0 Å². The molecule has 0 aliphatic rings. The Balaban J connectivity index is 2.02. The SMILES string of the molecule is Cc1csc(CCNc2nc(C)ccc2C(N)=S)n1. The van der Waals surface area contributed by atoms with E-state index < -0.39 is 0 Å². The van der Waals surface area contributed by atoms with Crippen LogP contribution in [0, 0.1) is 13.8 Å². The van der Waals surface area contributed by atoms with E-state index in [9.17, 15) is 0 Å². The molecule has 2 heterocycles. The number of pyridine rings is 1. The third kappa shape index (κ3) is 3.71. The maximum atomic E-state index is 5.69. The number of hydrogen-bond acceptors (Lipinski definition) is 5. The molecule has 3 N–H and O–H groups in total. The van der Waals surface area contributed by atoms with Crippen LogP contribution < -0.4 is 11.1 Å². The van der Waals surface area contributed by atoms with E-state index in [1.54, 1.807) is 11.3 Å². The van der Waals surface area contributed by atoms with E-state index in [1.165, 1.54) is 0 Å². The Kier molecular flexibility index (Phi) is 4.44. The normalized spacial score (nSPS) is 10.4. The first-order valence-electron chi connectivity index (χ1n) is 5.98. The molecule has 0 radical (unpaired) electrons. The van der Waals surface area contributed by atoms with Crippen molar-refractivity contribution in [2.24, 2.45) is 5.73 Å². The van der Waals surface area contributed by atoms with Gasteiger partial charge in [-0.15, -0.1) is 11.3 Å². The summed E-state index contributed by atoms with van der Waals surface area (Å²) in [5.41, 5.74) is 8.48. The maximum absolute atomic E-state index is 5.69. The summed E-state index contributed by atoms with van der Waals surface area (Å²) in [5, 5.41) is 6.46. The highest BCUT2D eigenvalue weighted by molar-refractivity contribution is 7.80. The Hall–Kier alpha value is -1.53. The van der Waals surface area contributed by atoms with Crippen molar-refractivity contribution in [2.45, 2.75) is 20.3 Å². The Morgan fingerprint density at radius 1 is 1.32 bits per heavy atom. The number of nitrogens with one attached hydrogen (secondary N) is 1. The van der Waals surface area contributed by atoms with Gasteiger partial charge in [0.15, 0.2) is 0 Å². The molecule has 0 saturated heterocycles. The Bertz CT molecular complexity index is 592. The third-order valence-corrected chi connectivity index (χ3v) is 3.84. The second kappa shape index (κ2) is 6.08. The molecule has 0 fully saturated rings. The molecule has 0 aliphatic carbocycles. The Morgan fingerprint density at radius 2 is 2.11 bits per heavy atom. The van der Waals surface area contributed by atoms with Gasteiger partial charge in [-0.1, -0.05) is 12.2 Å². The molecule has 0 amide bonds. The van der Waals surface area contributed by atoms with Gasteiger partial charge >= 0.3 is 0 Å². The molecule has 100 valence electrons. The van der Waals surface area contributed by atoms with Gasteiger partial charge in [-0.2, -0.15) is 0 Å². The summed E-state index contributed by atoms with van der Waals surface area (Å²) in [4.78, 5) is 9.22. The van der Waals surface area contributed by atoms with E-state index in [2.05, 4.69) is 20.7 Å². The van der Waals surface area contributed by atoms with Crippen LogP contribution in [0.5, 0.6) is 0 Å². The van der Waals surface area contributed by atoms with Crippen LogP contribution in [0.1, 0.15) is 22.0 Å². The number of nitrogens with two attached hydrogens (primary N) is 1. The Labute approximate surface area is 122 Å². The van der Waals surface area contributed by atoms with Crippen LogP contribution in [0.2, 0.25) is 0 Å². The van der Waals surface area contributed by atoms with Gasteiger partial charge in [0.05, 0.1) is 10.6 Å². The predicted molar refractivity (Wildman–Crippen MR) is 83.9 cm³/mol. The van der Waals surface area contributed by atoms with E-state index in [1.807, 2.05) is 26.0 Å². The first-order valence-corrected chi connectivity index (χ1v) is 7.27. The van der Waals surface area contributed by atoms with E-state index in [-0.39, 0.29) is 0 Å². The molecule has 4 nitrogen and oxygen atoms in total. The lowest BCUT2D eigenvalue weighted by Gasteiger charge is -2.10. The van der Waals surface area contributed by atoms with Crippen LogP contribution in [-0.2, 0) is 6.42 Å². The smallest absolute Gasteiger partial charge is 0.136 e. The molecule has 0 bridgehead atoms. The average molecular weight is 292 g/mol. The van der Waals surface area contributed by atoms with Crippen molar-refractivity contribution in [1.29, 1.82) is 0 Å². The molecule has 0 saturated carbocycles. The molecule has 0 spiro atoms. The molecule has 0 aromatic carbocycles. The highest BCUT2D eigenvalue weighted by atomic mass is 32.1. The lowest BCUT2D eigenvalue weighted by molar-refractivity contribution is 0.973. The van der Waals surface area contributed by atoms with Gasteiger partial charge in [0.1, 0.15) is 10.8 Å². The van der Waals surface area contributed by atoms with E-state index in [0.29, 0.717) is 4.99 Å². The van der Waals surface area contributed by atoms with Crippen molar-refractivity contribution in [2.75, 3.05) is 11.9 Å². The lowest BCUT2D eigenvalue weighted by atomic mass is 10.2. The average Bonchev–Trinajstić information content (AvgIpc) is 2.75. The Morgan fingerprint density at radius 3 is 2.74 bits per heavy atom. The van der Waals surface area contributed by atoms with Crippen LogP contribution in [0.15, 0.2) is 17.5 Å². The van der Waals surface area contributed by atoms with E-state index in [0.717, 1.165) is 40.7 Å². The van der Waals surface area contributed by atoms with Crippen molar-refractivity contribution in [3.8, 4) is 0 Å². The maximum Gasteiger partial charge on any atom is 0.136 e. The van der Waals surface area contributed by atoms with Gasteiger partial charge < -0.3 is 11.1 Å². The zero-order chi connectivity index (χ0) is 13.8. The molecule has 6 heteroatoms. The topological polar surface area (TPSA) is 63.8 Å². The van der Waals surface area contributed by atoms with Crippen LogP contribution in [-0.4, -0.2) is 21.5 Å². The van der Waals surface area contributed by atoms with Crippen LogP contribution in [0.4, 0.5) is 5.82 Å². The molecular weight excluding hydrogens is 276 g/mol. The number of rotatable bonds is 5. The second-order valence-corrected chi connectivity index (χ2v) is 5.65. The summed E-state index contributed by atoms with van der Waals surface area (Å²) in [7, 11) is 0. The van der Waals surface area contributed by atoms with Gasteiger partial charge in [-0.05, 0) is 26.0 Å². The monoisotopic (exact) mass is 292 g/mol. The van der Waals surface area contributed by atoms with E-state index >= 15 is 0 Å². The molecule has 0 atom stereocenters. The standard InChI is InChI=1S/C13H16N4S2/c1-8-3-4-10(12(14)18)13(17-8)15-6-5-11-16-9(2)7-19-11/h3-4,7H,5-6H2,1-2H3,(H2,14,18)(H,15,17). The number of anilines is 1. The summed E-state index contributed by atoms with van der Waals surface area (Å²) < 4.78 is 0. The summed E-state index contributed by atoms with van der Waals surface area (Å²) in [5.74, 6) is 0.751. The van der Waals surface area contributed by atoms with Gasteiger partial charge in [0, 0.05) is 29.7 Å². The minimum atomic E-state index is 0.361. The molecule has 19 heavy (non-hydrogen) atoms. The van der Waals surface area contributed by atoms with Gasteiger partial charge in [-0.25, -0.2) is 9.97 Å². The number of thiocarbonyl (C=S) groups is 1. The zero-order valence-corrected chi connectivity index (χ0v) is 12.6. The van der Waals surface area contributed by atoms with Gasteiger partial charge in [0.2, 0.25) is 0 Å². The molecule has 0 aliphatic heterocycles. The summed E-state index contributed by atoms with van der Waals surface area (Å²) >= 11 is 6.70. The lowest BCUT2D eigenvalue weighted by Crippen LogP contribution is -2.16. The van der Waals surface area contributed by atoms with Crippen LogP contribution >= 0.6 is 23.6 Å². The fourth-order valence-corrected chi connectivity index (χ4v) is 2.64. The number of aryl methyl sites for hydroxylation is 2. The first-order chi connectivity index (χ1) is 9.06.